The van der Waals surface area contributed by atoms with Gasteiger partial charge in [-0.15, -0.1) is 0 Å². The van der Waals surface area contributed by atoms with Crippen LogP contribution in [-0.2, 0) is 0 Å². The molecule has 0 saturated carbocycles. The van der Waals surface area contributed by atoms with Crippen molar-refractivity contribution in [1.29, 1.82) is 0 Å². The summed E-state index contributed by atoms with van der Waals surface area (Å²) in [7, 11) is 1.46. The number of methoxy groups -OCH3 is 1. The van der Waals surface area contributed by atoms with E-state index in [0.29, 0.717) is 11.8 Å². The summed E-state index contributed by atoms with van der Waals surface area (Å²) in [6.45, 7) is 0. The van der Waals surface area contributed by atoms with Crippen molar-refractivity contribution < 1.29 is 22.7 Å². The van der Waals surface area contributed by atoms with Crippen LogP contribution < -0.4 is 10.1 Å². The lowest BCUT2D eigenvalue weighted by Crippen LogP contribution is -2.20. The first-order chi connectivity index (χ1) is 10.9. The van der Waals surface area contributed by atoms with Gasteiger partial charge in [-0.25, -0.2) is 0 Å². The van der Waals surface area contributed by atoms with E-state index in [9.17, 15) is 18.0 Å². The van der Waals surface area contributed by atoms with Crippen LogP contribution in [0.15, 0.2) is 66.4 Å². The lowest BCUT2D eigenvalue weighted by molar-refractivity contribution is -0.0903. The number of rotatable bonds is 5. The topological polar surface area (TPSA) is 38.3 Å². The molecule has 0 fully saturated rings. The molecule has 2 aromatic carbocycles. The van der Waals surface area contributed by atoms with E-state index < -0.39 is 17.7 Å². The molecular weight excluding hydrogens is 307 g/mol. The van der Waals surface area contributed by atoms with Crippen molar-refractivity contribution in [1.82, 2.24) is 0 Å². The first-order valence-electron chi connectivity index (χ1n) is 6.69. The van der Waals surface area contributed by atoms with Gasteiger partial charge in [0, 0.05) is 17.3 Å². The molecule has 3 nitrogen and oxygen atoms in total. The highest BCUT2D eigenvalue weighted by Gasteiger charge is 2.34. The molecule has 0 radical (unpaired) electrons. The van der Waals surface area contributed by atoms with Crippen LogP contribution >= 0.6 is 0 Å². The second-order valence-electron chi connectivity index (χ2n) is 4.64. The maximum absolute atomic E-state index is 13.1. The van der Waals surface area contributed by atoms with Gasteiger partial charge in [-0.1, -0.05) is 30.3 Å². The Morgan fingerprint density at radius 2 is 1.65 bits per heavy atom. The second-order valence-corrected chi connectivity index (χ2v) is 4.64. The molecular formula is C17H14F3NO2. The zero-order valence-corrected chi connectivity index (χ0v) is 12.2. The highest BCUT2D eigenvalue weighted by Crippen LogP contribution is 2.28. The summed E-state index contributed by atoms with van der Waals surface area (Å²) in [6, 6.07) is 13.7. The number of hydrogen-bond donors (Lipinski definition) is 1. The molecule has 0 atom stereocenters. The summed E-state index contributed by atoms with van der Waals surface area (Å²) >= 11 is 0. The van der Waals surface area contributed by atoms with Gasteiger partial charge in [0.1, 0.15) is 11.4 Å². The Labute approximate surface area is 131 Å². The third-order valence-electron chi connectivity index (χ3n) is 3.01. The van der Waals surface area contributed by atoms with Gasteiger partial charge < -0.3 is 10.1 Å². The Morgan fingerprint density at radius 3 is 2.17 bits per heavy atom. The quantitative estimate of drug-likeness (QED) is 0.654. The molecule has 0 aliphatic heterocycles. The van der Waals surface area contributed by atoms with Crippen LogP contribution in [0.4, 0.5) is 18.9 Å². The predicted molar refractivity (Wildman–Crippen MR) is 81.5 cm³/mol. The van der Waals surface area contributed by atoms with Crippen LogP contribution in [0, 0.1) is 0 Å². The molecule has 2 aromatic rings. The highest BCUT2D eigenvalue weighted by atomic mass is 19.4. The third-order valence-corrected chi connectivity index (χ3v) is 3.01. The number of alkyl halides is 3. The number of benzene rings is 2. The first-order valence-corrected chi connectivity index (χ1v) is 6.69. The number of halogens is 3. The Kier molecular flexibility index (Phi) is 5.05. The molecule has 0 saturated heterocycles. The summed E-state index contributed by atoms with van der Waals surface area (Å²) < 4.78 is 44.3. The minimum absolute atomic E-state index is 0.186. The number of carbonyl (C=O) groups is 1. The van der Waals surface area contributed by atoms with Crippen molar-refractivity contribution in [3.63, 3.8) is 0 Å². The molecule has 0 amide bonds. The molecule has 0 unspecified atom stereocenters. The number of ketones is 1. The van der Waals surface area contributed by atoms with Gasteiger partial charge in [-0.3, -0.25) is 4.79 Å². The highest BCUT2D eigenvalue weighted by molar-refractivity contribution is 6.05. The van der Waals surface area contributed by atoms with Gasteiger partial charge in [0.15, 0.2) is 5.78 Å². The minimum Gasteiger partial charge on any atom is -0.497 e. The van der Waals surface area contributed by atoms with Crippen molar-refractivity contribution in [3.05, 3.63) is 71.9 Å². The van der Waals surface area contributed by atoms with Gasteiger partial charge in [-0.05, 0) is 24.3 Å². The van der Waals surface area contributed by atoms with Gasteiger partial charge in [0.25, 0.3) is 0 Å². The first kappa shape index (κ1) is 16.6. The lowest BCUT2D eigenvalue weighted by atomic mass is 10.1. The zero-order chi connectivity index (χ0) is 16.9. The molecule has 1 N–H and O–H groups in total. The Morgan fingerprint density at radius 1 is 1.04 bits per heavy atom. The van der Waals surface area contributed by atoms with Crippen LogP contribution in [0.25, 0.3) is 0 Å². The van der Waals surface area contributed by atoms with Gasteiger partial charge in [0.2, 0.25) is 0 Å². The van der Waals surface area contributed by atoms with E-state index in [1.165, 1.54) is 43.5 Å². The number of hydrogen-bond acceptors (Lipinski definition) is 3. The largest absolute Gasteiger partial charge is 0.497 e. The third kappa shape index (κ3) is 4.60. The van der Waals surface area contributed by atoms with E-state index in [1.54, 1.807) is 18.2 Å². The van der Waals surface area contributed by atoms with Gasteiger partial charge in [-0.2, -0.15) is 13.2 Å². The summed E-state index contributed by atoms with van der Waals surface area (Å²) in [5.74, 6) is -0.201. The van der Waals surface area contributed by atoms with Crippen LogP contribution in [0.1, 0.15) is 10.4 Å². The molecule has 0 aliphatic carbocycles. The van der Waals surface area contributed by atoms with Crippen molar-refractivity contribution >= 4 is 11.5 Å². The second kappa shape index (κ2) is 7.00. The standard InChI is InChI=1S/C17H14F3NO2/c1-23-14-9-7-13(8-10-14)21-16(17(18,19)20)11-15(22)12-5-3-2-4-6-12/h2-11,21H,1H3/b16-11+. The number of anilines is 1. The van der Waals surface area contributed by atoms with E-state index in [2.05, 4.69) is 5.32 Å². The van der Waals surface area contributed by atoms with Crippen LogP contribution in [0.3, 0.4) is 0 Å². The molecule has 0 aromatic heterocycles. The van der Waals surface area contributed by atoms with Crippen molar-refractivity contribution in [3.8, 4) is 5.75 Å². The maximum atomic E-state index is 13.1. The molecule has 0 heterocycles. The van der Waals surface area contributed by atoms with E-state index in [4.69, 9.17) is 4.74 Å². The number of ether oxygens (including phenoxy) is 1. The Bertz CT molecular complexity index is 692. The van der Waals surface area contributed by atoms with Crippen molar-refractivity contribution in [2.45, 2.75) is 6.18 Å². The van der Waals surface area contributed by atoms with Gasteiger partial charge >= 0.3 is 6.18 Å². The van der Waals surface area contributed by atoms with Crippen LogP contribution in [0.2, 0.25) is 0 Å². The molecule has 0 aliphatic rings. The van der Waals surface area contributed by atoms with Crippen molar-refractivity contribution in [2.75, 3.05) is 12.4 Å². The van der Waals surface area contributed by atoms with E-state index in [-0.39, 0.29) is 11.3 Å². The monoisotopic (exact) mass is 321 g/mol. The average Bonchev–Trinajstić information content (AvgIpc) is 2.54. The fraction of sp³-hybridized carbons (Fsp3) is 0.118. The Hall–Kier alpha value is -2.76. The minimum atomic E-state index is -4.68. The van der Waals surface area contributed by atoms with E-state index in [0.717, 1.165) is 0 Å². The van der Waals surface area contributed by atoms with E-state index >= 15 is 0 Å². The normalized spacial score (nSPS) is 11.9. The van der Waals surface area contributed by atoms with Crippen molar-refractivity contribution in [2.24, 2.45) is 0 Å². The summed E-state index contributed by atoms with van der Waals surface area (Å²) in [5.41, 5.74) is -0.738. The molecule has 2 rings (SSSR count). The lowest BCUT2D eigenvalue weighted by Gasteiger charge is -2.14. The molecule has 0 bridgehead atoms. The summed E-state index contributed by atoms with van der Waals surface area (Å²) in [5, 5.41) is 2.23. The summed E-state index contributed by atoms with van der Waals surface area (Å²) in [4.78, 5) is 12.0. The number of nitrogens with one attached hydrogen (secondary N) is 1. The van der Waals surface area contributed by atoms with E-state index in [1.807, 2.05) is 0 Å². The molecule has 120 valence electrons. The maximum Gasteiger partial charge on any atom is 0.431 e. The smallest absolute Gasteiger partial charge is 0.431 e. The summed E-state index contributed by atoms with van der Waals surface area (Å²) in [6.07, 6.45) is -4.12. The molecule has 23 heavy (non-hydrogen) atoms. The number of carbonyl (C=O) groups excluding carboxylic acids is 1. The average molecular weight is 321 g/mol. The zero-order valence-electron chi connectivity index (χ0n) is 12.2. The Balaban J connectivity index is 2.26. The van der Waals surface area contributed by atoms with Crippen LogP contribution in [0.5, 0.6) is 5.75 Å². The fourth-order valence-electron chi connectivity index (χ4n) is 1.84. The fourth-order valence-corrected chi connectivity index (χ4v) is 1.84. The predicted octanol–water partition coefficient (Wildman–Crippen LogP) is 4.44. The van der Waals surface area contributed by atoms with Gasteiger partial charge in [0.05, 0.1) is 7.11 Å². The SMILES string of the molecule is COc1ccc(N/C(=C/C(=O)c2ccccc2)C(F)(F)F)cc1. The molecule has 6 heteroatoms. The number of allylic oxidation sites excluding steroid dienone is 2. The molecule has 0 spiro atoms. The van der Waals surface area contributed by atoms with Crippen LogP contribution in [-0.4, -0.2) is 19.1 Å².